The third-order valence-electron chi connectivity index (χ3n) is 13.9. The van der Waals surface area contributed by atoms with E-state index in [2.05, 4.69) is 133 Å². The first-order valence-electron chi connectivity index (χ1n) is 24.9. The highest BCUT2D eigenvalue weighted by Gasteiger charge is 2.31. The Morgan fingerprint density at radius 1 is 0.348 bits per heavy atom. The fourth-order valence-corrected chi connectivity index (χ4v) is 11.2. The number of hydrogen-bond acceptors (Lipinski definition) is 2. The maximum absolute atomic E-state index is 8.37. The van der Waals surface area contributed by atoms with Gasteiger partial charge in [-0.25, -0.2) is 0 Å². The Kier molecular flexibility index (Phi) is 7.25. The number of rotatable bonds is 6. The van der Waals surface area contributed by atoms with Gasteiger partial charge in [0.2, 0.25) is 0 Å². The lowest BCUT2D eigenvalue weighted by Crippen LogP contribution is -2.12. The molecule has 13 aromatic rings. The van der Waals surface area contributed by atoms with E-state index >= 15 is 0 Å². The Morgan fingerprint density at radius 3 is 1.00 bits per heavy atom. The molecule has 4 aromatic heterocycles. The highest BCUT2D eigenvalue weighted by Crippen LogP contribution is 2.52. The van der Waals surface area contributed by atoms with Crippen molar-refractivity contribution < 1.29 is 5.48 Å². The largest absolute Gasteiger partial charge is 0.310 e. The molecule has 0 saturated carbocycles. The molecule has 0 fully saturated rings. The molecule has 0 atom stereocenters. The summed E-state index contributed by atoms with van der Waals surface area (Å²) in [6, 6.07) is 60.4. The second-order valence-corrected chi connectivity index (χ2v) is 19.9. The standard InChI is InChI=1S/C62H50N4/c1-61(2,3)49-31-19-29-45-55-51(63(39-21-11-7-12-22-39)40-23-13-8-14-24-40)35-33-43-47-38-54-48(37-53(47)65(57(45)49)59(43)55)44-34-36-52(64(41-25-15-9-16-26-41)42-27-17-10-18-28-42)56-46-30-20-32-50(62(4,5)6)58(46)66(54)60(44)56/h7-38H,1-6H3/i7D,8D,9D,10D. The van der Waals surface area contributed by atoms with Crippen LogP contribution in [0, 0.1) is 0 Å². The van der Waals surface area contributed by atoms with Crippen molar-refractivity contribution in [2.75, 3.05) is 9.80 Å². The second kappa shape index (κ2) is 13.8. The zero-order chi connectivity index (χ0) is 48.1. The SMILES string of the molecule is [2H]c1ccc(N(c2ccc([2H])cc2)c2ccc3c4cc5c(cc4n4c6c(C(C)(C)C)cccc6c2c34)c2ccc(N(c3ccc([2H])cc3)c3ccc([2H])cc3)c3c4cccc(C(C)(C)C)c4n5c23)cc1. The summed E-state index contributed by atoms with van der Waals surface area (Å²) in [5.41, 5.74) is 15.1. The normalized spacial score (nSPS) is 13.5. The van der Waals surface area contributed by atoms with Gasteiger partial charge in [0.1, 0.15) is 0 Å². The van der Waals surface area contributed by atoms with Gasteiger partial charge in [0.15, 0.2) is 0 Å². The number of para-hydroxylation sites is 6. The van der Waals surface area contributed by atoms with Gasteiger partial charge >= 0.3 is 0 Å². The second-order valence-electron chi connectivity index (χ2n) is 19.9. The van der Waals surface area contributed by atoms with Gasteiger partial charge in [0.25, 0.3) is 0 Å². The average molecular weight is 855 g/mol. The minimum atomic E-state index is -0.169. The number of hydrogen-bond donors (Lipinski definition) is 0. The predicted molar refractivity (Wildman–Crippen MR) is 283 cm³/mol. The molecule has 0 radical (unpaired) electrons. The summed E-state index contributed by atoms with van der Waals surface area (Å²) in [7, 11) is 0. The highest BCUT2D eigenvalue weighted by molar-refractivity contribution is 6.32. The van der Waals surface area contributed by atoms with E-state index in [1.807, 2.05) is 97.1 Å². The molecule has 66 heavy (non-hydrogen) atoms. The van der Waals surface area contributed by atoms with Crippen LogP contribution in [0.1, 0.15) is 58.2 Å². The van der Waals surface area contributed by atoms with Crippen LogP contribution in [0.5, 0.6) is 0 Å². The van der Waals surface area contributed by atoms with Crippen molar-refractivity contribution >= 4 is 110 Å². The Labute approximate surface area is 390 Å². The van der Waals surface area contributed by atoms with E-state index < -0.39 is 0 Å². The van der Waals surface area contributed by atoms with Crippen LogP contribution in [0.25, 0.3) is 76.2 Å². The fourth-order valence-electron chi connectivity index (χ4n) is 11.2. The Hall–Kier alpha value is -7.82. The lowest BCUT2D eigenvalue weighted by atomic mass is 9.85. The maximum Gasteiger partial charge on any atom is 0.0641 e. The van der Waals surface area contributed by atoms with E-state index in [4.69, 9.17) is 5.48 Å². The van der Waals surface area contributed by atoms with Crippen molar-refractivity contribution in [1.29, 1.82) is 0 Å². The van der Waals surface area contributed by atoms with Crippen LogP contribution in [-0.4, -0.2) is 8.80 Å². The van der Waals surface area contributed by atoms with Crippen LogP contribution >= 0.6 is 0 Å². The quantitative estimate of drug-likeness (QED) is 0.166. The van der Waals surface area contributed by atoms with Crippen LogP contribution in [0.15, 0.2) is 194 Å². The topological polar surface area (TPSA) is 15.3 Å². The Morgan fingerprint density at radius 2 is 0.682 bits per heavy atom. The molecule has 0 aliphatic rings. The molecule has 0 saturated heterocycles. The smallest absolute Gasteiger partial charge is 0.0641 e. The van der Waals surface area contributed by atoms with Crippen LogP contribution < -0.4 is 9.80 Å². The van der Waals surface area contributed by atoms with Gasteiger partial charge < -0.3 is 18.6 Å². The third kappa shape index (κ3) is 5.39. The average Bonchev–Trinajstić information content (AvgIpc) is 4.07. The molecular weight excluding hydrogens is 801 g/mol. The minimum absolute atomic E-state index is 0.169. The molecule has 0 aliphatic carbocycles. The lowest BCUT2D eigenvalue weighted by molar-refractivity contribution is 0.594. The first kappa shape index (κ1) is 34.6. The van der Waals surface area contributed by atoms with E-state index in [0.29, 0.717) is 24.2 Å². The van der Waals surface area contributed by atoms with E-state index in [9.17, 15) is 0 Å². The molecule has 13 rings (SSSR count). The van der Waals surface area contributed by atoms with E-state index in [0.717, 1.165) is 55.9 Å². The van der Waals surface area contributed by atoms with Gasteiger partial charge in [-0.05, 0) is 94.8 Å². The number of aromatic nitrogens is 2. The van der Waals surface area contributed by atoms with Crippen LogP contribution in [0.4, 0.5) is 34.1 Å². The summed E-state index contributed by atoms with van der Waals surface area (Å²) in [5, 5.41) is 9.40. The summed E-state index contributed by atoms with van der Waals surface area (Å²) >= 11 is 0. The summed E-state index contributed by atoms with van der Waals surface area (Å²) < 4.78 is 38.6. The van der Waals surface area contributed by atoms with Gasteiger partial charge in [-0.1, -0.05) is 163 Å². The van der Waals surface area contributed by atoms with Crippen LogP contribution in [0.3, 0.4) is 0 Å². The van der Waals surface area contributed by atoms with Gasteiger partial charge in [0, 0.05) is 65.8 Å². The first-order chi connectivity index (χ1) is 33.7. The molecule has 4 heterocycles. The summed E-state index contributed by atoms with van der Waals surface area (Å²) in [4.78, 5) is 4.57. The van der Waals surface area contributed by atoms with Crippen LogP contribution in [-0.2, 0) is 10.8 Å². The van der Waals surface area contributed by atoms with Crippen molar-refractivity contribution in [1.82, 2.24) is 8.80 Å². The lowest BCUT2D eigenvalue weighted by Gasteiger charge is -2.26. The third-order valence-corrected chi connectivity index (χ3v) is 13.9. The molecule has 0 bridgehead atoms. The molecule has 0 unspecified atom stereocenters. The van der Waals surface area contributed by atoms with Crippen molar-refractivity contribution in [2.45, 2.75) is 52.4 Å². The summed E-state index contributed by atoms with van der Waals surface area (Å²) in [5.74, 6) is 0. The molecule has 318 valence electrons. The van der Waals surface area contributed by atoms with Crippen molar-refractivity contribution in [2.24, 2.45) is 0 Å². The number of fused-ring (bicyclic) bond motifs is 12. The van der Waals surface area contributed by atoms with Gasteiger partial charge in [-0.15, -0.1) is 0 Å². The van der Waals surface area contributed by atoms with Gasteiger partial charge in [0.05, 0.1) is 50.0 Å². The molecular formula is C62H50N4. The minimum Gasteiger partial charge on any atom is -0.310 e. The number of benzene rings is 9. The fraction of sp³-hybridized carbons (Fsp3) is 0.129. The van der Waals surface area contributed by atoms with E-state index in [-0.39, 0.29) is 10.8 Å². The number of nitrogens with zero attached hydrogens (tertiary/aromatic N) is 4. The Balaban J connectivity index is 1.18. The molecule has 0 N–H and O–H groups in total. The first-order valence-corrected chi connectivity index (χ1v) is 22.9. The van der Waals surface area contributed by atoms with Gasteiger partial charge in [-0.2, -0.15) is 0 Å². The van der Waals surface area contributed by atoms with Crippen LogP contribution in [0.2, 0.25) is 0 Å². The zero-order valence-corrected chi connectivity index (χ0v) is 38.0. The summed E-state index contributed by atoms with van der Waals surface area (Å²) in [6.45, 7) is 13.8. The Bertz CT molecular complexity index is 3850. The molecule has 0 aliphatic heterocycles. The number of anilines is 6. The molecule has 4 heteroatoms. The molecule has 0 spiro atoms. The van der Waals surface area contributed by atoms with Crippen molar-refractivity contribution in [3.63, 3.8) is 0 Å². The highest BCUT2D eigenvalue weighted by atomic mass is 15.2. The van der Waals surface area contributed by atoms with Crippen molar-refractivity contribution in [3.05, 3.63) is 205 Å². The van der Waals surface area contributed by atoms with Crippen molar-refractivity contribution in [3.8, 4) is 0 Å². The summed E-state index contributed by atoms with van der Waals surface area (Å²) in [6.07, 6.45) is 0. The van der Waals surface area contributed by atoms with E-state index in [1.165, 1.54) is 65.5 Å². The van der Waals surface area contributed by atoms with E-state index in [1.54, 1.807) is 0 Å². The molecule has 9 aromatic carbocycles. The zero-order valence-electron chi connectivity index (χ0n) is 42.0. The maximum atomic E-state index is 8.37. The molecule has 4 nitrogen and oxygen atoms in total. The van der Waals surface area contributed by atoms with Gasteiger partial charge in [-0.3, -0.25) is 0 Å². The monoisotopic (exact) mass is 854 g/mol. The predicted octanol–water partition coefficient (Wildman–Crippen LogP) is 17.5. The molecule has 0 amide bonds.